The Morgan fingerprint density at radius 2 is 1.85 bits per heavy atom. The molecule has 0 radical (unpaired) electrons. The van der Waals surface area contributed by atoms with Crippen molar-refractivity contribution in [2.24, 2.45) is 0 Å². The minimum atomic E-state index is -4.48. The molecule has 0 fully saturated rings. The number of nitriles is 1. The highest BCUT2D eigenvalue weighted by Crippen LogP contribution is 2.31. The molecule has 0 aliphatic carbocycles. The number of benzene rings is 2. The van der Waals surface area contributed by atoms with Crippen LogP contribution in [0, 0.1) is 11.5 Å². The maximum atomic E-state index is 11.3. The lowest BCUT2D eigenvalue weighted by molar-refractivity contribution is 0.471. The van der Waals surface area contributed by atoms with E-state index in [9.17, 15) is 13.5 Å². The van der Waals surface area contributed by atoms with Gasteiger partial charge in [0.15, 0.2) is 6.19 Å². The highest BCUT2D eigenvalue weighted by molar-refractivity contribution is 7.85. The maximum absolute atomic E-state index is 11.3. The Balaban J connectivity index is 2.03. The van der Waals surface area contributed by atoms with E-state index in [1.54, 1.807) is 12.3 Å². The minimum absolute atomic E-state index is 0.0391. The van der Waals surface area contributed by atoms with Gasteiger partial charge in [-0.25, -0.2) is 0 Å². The Morgan fingerprint density at radius 1 is 1.12 bits per heavy atom. The zero-order chi connectivity index (χ0) is 18.9. The first kappa shape index (κ1) is 17.6. The van der Waals surface area contributed by atoms with Crippen LogP contribution in [-0.4, -0.2) is 33.0 Å². The molecule has 0 saturated heterocycles. The molecular formula is C14H9ClN6O4S. The topological polar surface area (TPSA) is 161 Å². The number of phenolic OH excluding ortho intramolecular Hbond substituents is 1. The van der Waals surface area contributed by atoms with Crippen molar-refractivity contribution in [1.29, 1.82) is 5.26 Å². The van der Waals surface area contributed by atoms with Gasteiger partial charge in [-0.3, -0.25) is 9.87 Å². The lowest BCUT2D eigenvalue weighted by Gasteiger charge is -2.09. The van der Waals surface area contributed by atoms with Gasteiger partial charge in [0.25, 0.3) is 10.1 Å². The first-order valence-electron chi connectivity index (χ1n) is 6.84. The molecule has 1 heterocycles. The van der Waals surface area contributed by atoms with Gasteiger partial charge in [0, 0.05) is 17.1 Å². The van der Waals surface area contributed by atoms with E-state index in [0.29, 0.717) is 16.5 Å². The second-order valence-electron chi connectivity index (χ2n) is 4.97. The van der Waals surface area contributed by atoms with Crippen LogP contribution in [0.1, 0.15) is 0 Å². The molecule has 0 saturated carbocycles. The zero-order valence-corrected chi connectivity index (χ0v) is 14.2. The van der Waals surface area contributed by atoms with Gasteiger partial charge in [-0.1, -0.05) is 0 Å². The van der Waals surface area contributed by atoms with Crippen LogP contribution in [0.25, 0.3) is 10.8 Å². The second-order valence-corrected chi connectivity index (χ2v) is 6.73. The monoisotopic (exact) mass is 392 g/mol. The molecule has 12 heteroatoms. The van der Waals surface area contributed by atoms with E-state index in [2.05, 4.69) is 25.6 Å². The van der Waals surface area contributed by atoms with Gasteiger partial charge in [0.1, 0.15) is 5.75 Å². The fourth-order valence-corrected chi connectivity index (χ4v) is 2.89. The summed E-state index contributed by atoms with van der Waals surface area (Å²) in [6.45, 7) is 0. The van der Waals surface area contributed by atoms with Gasteiger partial charge in [-0.05, 0) is 41.3 Å². The average Bonchev–Trinajstić information content (AvgIpc) is 2.53. The molecule has 3 aromatic rings. The molecule has 0 aliphatic heterocycles. The van der Waals surface area contributed by atoms with Gasteiger partial charge < -0.3 is 10.4 Å². The molecule has 1 aromatic heterocycles. The molecule has 0 unspecified atom stereocenters. The predicted octanol–water partition coefficient (Wildman–Crippen LogP) is 2.27. The molecule has 4 N–H and O–H groups in total. The Morgan fingerprint density at radius 3 is 2.54 bits per heavy atom. The Labute approximate surface area is 151 Å². The average molecular weight is 393 g/mol. The van der Waals surface area contributed by atoms with Crippen LogP contribution in [0.5, 0.6) is 5.75 Å². The molecule has 0 amide bonds. The number of halogens is 1. The number of aromatic nitrogens is 3. The molecular weight excluding hydrogens is 384 g/mol. The van der Waals surface area contributed by atoms with Crippen LogP contribution >= 0.6 is 11.6 Å². The number of fused-ring (bicyclic) bond motifs is 1. The summed E-state index contributed by atoms with van der Waals surface area (Å²) in [5.74, 6) is -0.315. The summed E-state index contributed by atoms with van der Waals surface area (Å²) < 4.78 is 31.7. The number of aromatic hydroxyl groups is 1. The van der Waals surface area contributed by atoms with Gasteiger partial charge in [-0.2, -0.15) is 28.6 Å². The summed E-state index contributed by atoms with van der Waals surface area (Å²) in [5.41, 5.74) is 0.439. The number of hydrogen-bond acceptors (Lipinski definition) is 9. The van der Waals surface area contributed by atoms with Gasteiger partial charge in [-0.15, -0.1) is 0 Å². The molecule has 10 nitrogen and oxygen atoms in total. The Hall–Kier alpha value is -3.20. The zero-order valence-electron chi connectivity index (χ0n) is 12.7. The molecule has 0 bridgehead atoms. The lowest BCUT2D eigenvalue weighted by Crippen LogP contribution is -2.03. The summed E-state index contributed by atoms with van der Waals surface area (Å²) in [5, 5.41) is 24.2. The van der Waals surface area contributed by atoms with Crippen LogP contribution in [-0.2, 0) is 10.1 Å². The maximum Gasteiger partial charge on any atom is 0.294 e. The fraction of sp³-hybridized carbons (Fsp3) is 0. The van der Waals surface area contributed by atoms with Crippen LogP contribution in [0.4, 0.5) is 17.6 Å². The van der Waals surface area contributed by atoms with Gasteiger partial charge in [0.05, 0.1) is 4.90 Å². The second kappa shape index (κ2) is 6.60. The quantitative estimate of drug-likeness (QED) is 0.294. The number of phenols is 1. The van der Waals surface area contributed by atoms with E-state index in [-0.39, 0.29) is 22.9 Å². The molecule has 2 aromatic carbocycles. The van der Waals surface area contributed by atoms with E-state index >= 15 is 0 Å². The number of rotatable bonds is 4. The largest absolute Gasteiger partial charge is 0.507 e. The van der Waals surface area contributed by atoms with Crippen molar-refractivity contribution >= 4 is 50.1 Å². The van der Waals surface area contributed by atoms with E-state index in [1.165, 1.54) is 18.2 Å². The van der Waals surface area contributed by atoms with Crippen LogP contribution in [0.2, 0.25) is 5.28 Å². The van der Waals surface area contributed by atoms with Crippen LogP contribution in [0.3, 0.4) is 0 Å². The summed E-state index contributed by atoms with van der Waals surface area (Å²) >= 11 is 5.76. The normalized spacial score (nSPS) is 11.1. The van der Waals surface area contributed by atoms with Crippen LogP contribution < -0.4 is 10.6 Å². The minimum Gasteiger partial charge on any atom is -0.507 e. The predicted molar refractivity (Wildman–Crippen MR) is 92.8 cm³/mol. The van der Waals surface area contributed by atoms with Crippen molar-refractivity contribution in [3.05, 3.63) is 35.6 Å². The van der Waals surface area contributed by atoms with Gasteiger partial charge >= 0.3 is 0 Å². The van der Waals surface area contributed by atoms with Crippen molar-refractivity contribution in [3.63, 3.8) is 0 Å². The molecule has 0 aliphatic rings. The summed E-state index contributed by atoms with van der Waals surface area (Å²) in [4.78, 5) is 11.1. The fourth-order valence-electron chi connectivity index (χ4n) is 2.19. The number of hydrogen-bond donors (Lipinski definition) is 4. The van der Waals surface area contributed by atoms with Crippen molar-refractivity contribution in [1.82, 2.24) is 15.0 Å². The van der Waals surface area contributed by atoms with Crippen molar-refractivity contribution in [3.8, 4) is 11.9 Å². The number of anilines is 3. The molecule has 26 heavy (non-hydrogen) atoms. The van der Waals surface area contributed by atoms with Gasteiger partial charge in [0.2, 0.25) is 17.2 Å². The third-order valence-corrected chi connectivity index (χ3v) is 4.23. The highest BCUT2D eigenvalue weighted by atomic mass is 35.5. The first-order valence-corrected chi connectivity index (χ1v) is 8.66. The first-order chi connectivity index (χ1) is 12.3. The molecule has 0 atom stereocenters. The van der Waals surface area contributed by atoms with E-state index in [4.69, 9.17) is 21.4 Å². The Kier molecular flexibility index (Phi) is 4.47. The van der Waals surface area contributed by atoms with E-state index in [1.807, 2.05) is 0 Å². The molecule has 0 spiro atoms. The summed E-state index contributed by atoms with van der Waals surface area (Å²) in [6.07, 6.45) is 1.66. The highest BCUT2D eigenvalue weighted by Gasteiger charge is 2.14. The lowest BCUT2D eigenvalue weighted by atomic mass is 10.1. The van der Waals surface area contributed by atoms with Crippen molar-refractivity contribution < 1.29 is 18.1 Å². The van der Waals surface area contributed by atoms with Crippen LogP contribution in [0.15, 0.2) is 35.2 Å². The SMILES string of the molecule is N#CNc1nc(Cl)nc(Nc2ccc3c(O)cc(S(=O)(=O)O)cc3c2)n1. The third kappa shape index (κ3) is 3.72. The van der Waals surface area contributed by atoms with E-state index < -0.39 is 15.0 Å². The number of nitrogens with zero attached hydrogens (tertiary/aromatic N) is 4. The summed E-state index contributed by atoms with van der Waals surface area (Å²) in [6, 6.07) is 6.80. The number of nitrogens with one attached hydrogen (secondary N) is 2. The standard InChI is InChI=1S/C14H9ClN6O4S/c15-12-19-13(17-6-16)21-14(20-12)18-8-1-2-10-7(3-8)4-9(5-11(10)22)26(23,24)25/h1-5,22H,(H,23,24,25)(H2,17,18,19,20,21). The van der Waals surface area contributed by atoms with E-state index in [0.717, 1.165) is 6.07 Å². The van der Waals surface area contributed by atoms with Crippen molar-refractivity contribution in [2.45, 2.75) is 4.90 Å². The third-order valence-electron chi connectivity index (χ3n) is 3.23. The Bertz CT molecular complexity index is 1160. The van der Waals surface area contributed by atoms with Crippen molar-refractivity contribution in [2.75, 3.05) is 10.6 Å². The molecule has 3 rings (SSSR count). The smallest absolute Gasteiger partial charge is 0.294 e. The molecule has 132 valence electrons. The summed E-state index contributed by atoms with van der Waals surface area (Å²) in [7, 11) is -4.48.